The number of carbonyl (C=O) groups excluding carboxylic acids is 1. The Kier molecular flexibility index (Phi) is 4.37. The number of amides is 1. The molecule has 0 aliphatic rings. The van der Waals surface area contributed by atoms with E-state index in [-0.39, 0.29) is 5.91 Å². The van der Waals surface area contributed by atoms with Crippen molar-refractivity contribution in [1.29, 1.82) is 0 Å². The number of ether oxygens (including phenoxy) is 1. The van der Waals surface area contributed by atoms with Crippen molar-refractivity contribution in [3.63, 3.8) is 0 Å². The van der Waals surface area contributed by atoms with Gasteiger partial charge in [0.2, 0.25) is 0 Å². The van der Waals surface area contributed by atoms with Gasteiger partial charge in [-0.15, -0.1) is 0 Å². The van der Waals surface area contributed by atoms with Gasteiger partial charge in [0.05, 0.1) is 13.4 Å². The van der Waals surface area contributed by atoms with Crippen LogP contribution in [0, 0.1) is 6.92 Å². The summed E-state index contributed by atoms with van der Waals surface area (Å²) in [6, 6.07) is 8.89. The second-order valence-electron chi connectivity index (χ2n) is 5.51. The van der Waals surface area contributed by atoms with E-state index in [9.17, 15) is 4.79 Å². The number of hydrogen-bond acceptors (Lipinski definition) is 4. The van der Waals surface area contributed by atoms with Gasteiger partial charge in [-0.3, -0.25) is 4.79 Å². The fourth-order valence-electron chi connectivity index (χ4n) is 2.58. The van der Waals surface area contributed by atoms with Crippen molar-refractivity contribution in [3.05, 3.63) is 71.7 Å². The second kappa shape index (κ2) is 6.62. The number of aromatic nitrogens is 2. The van der Waals surface area contributed by atoms with Crippen LogP contribution in [0.25, 0.3) is 0 Å². The zero-order valence-electron chi connectivity index (χ0n) is 13.8. The van der Waals surface area contributed by atoms with Crippen LogP contribution in [0.2, 0.25) is 0 Å². The second-order valence-corrected chi connectivity index (χ2v) is 5.51. The minimum absolute atomic E-state index is 0.284. The zero-order valence-corrected chi connectivity index (χ0v) is 13.8. The maximum absolute atomic E-state index is 12.6. The van der Waals surface area contributed by atoms with Gasteiger partial charge in [-0.1, -0.05) is 12.1 Å². The average molecular weight is 325 g/mol. The topological polar surface area (TPSA) is 69.3 Å². The number of aryl methyl sites for hydroxylation is 2. The van der Waals surface area contributed by atoms with E-state index in [0.717, 1.165) is 22.7 Å². The highest BCUT2D eigenvalue weighted by molar-refractivity contribution is 5.93. The molecule has 24 heavy (non-hydrogen) atoms. The quantitative estimate of drug-likeness (QED) is 0.783. The molecule has 0 saturated heterocycles. The van der Waals surface area contributed by atoms with E-state index in [1.54, 1.807) is 19.4 Å². The predicted octanol–water partition coefficient (Wildman–Crippen LogP) is 2.85. The van der Waals surface area contributed by atoms with E-state index in [1.165, 1.54) is 6.26 Å². The summed E-state index contributed by atoms with van der Waals surface area (Å²) in [7, 11) is 3.50. The molecule has 0 radical (unpaired) electrons. The Balaban J connectivity index is 1.98. The first-order chi connectivity index (χ1) is 11.6. The maximum Gasteiger partial charge on any atom is 0.288 e. The Bertz CT molecular complexity index is 851. The van der Waals surface area contributed by atoms with Crippen LogP contribution in [-0.4, -0.2) is 22.6 Å². The molecular formula is C18H19N3O3. The normalized spacial score (nSPS) is 12.0. The molecule has 0 bridgehead atoms. The lowest BCUT2D eigenvalue weighted by molar-refractivity contribution is 0.0912. The van der Waals surface area contributed by atoms with Crippen molar-refractivity contribution in [3.8, 4) is 5.75 Å². The molecule has 0 spiro atoms. The molecule has 1 amide bonds. The van der Waals surface area contributed by atoms with E-state index in [4.69, 9.17) is 9.15 Å². The zero-order chi connectivity index (χ0) is 17.1. The maximum atomic E-state index is 12.6. The average Bonchev–Trinajstić information content (AvgIpc) is 3.21. The standard InChI is InChI=1S/C18H19N3O3/c1-12-7-10-24-16(12)18(22)20-15(17-19-8-9-21(17)2)13-5-4-6-14(11-13)23-3/h4-11,15H,1-3H3,(H,20,22). The van der Waals surface area contributed by atoms with Gasteiger partial charge in [-0.05, 0) is 30.7 Å². The first kappa shape index (κ1) is 15.9. The first-order valence-corrected chi connectivity index (χ1v) is 7.56. The highest BCUT2D eigenvalue weighted by atomic mass is 16.5. The molecule has 1 N–H and O–H groups in total. The van der Waals surface area contributed by atoms with Crippen LogP contribution in [0.1, 0.15) is 33.5 Å². The molecule has 1 unspecified atom stereocenters. The number of nitrogens with zero attached hydrogens (tertiary/aromatic N) is 2. The molecule has 1 aromatic carbocycles. The molecule has 0 aliphatic heterocycles. The Hall–Kier alpha value is -3.02. The van der Waals surface area contributed by atoms with Crippen molar-refractivity contribution in [2.24, 2.45) is 7.05 Å². The smallest absolute Gasteiger partial charge is 0.288 e. The molecule has 0 fully saturated rings. The van der Waals surface area contributed by atoms with E-state index in [0.29, 0.717) is 5.76 Å². The van der Waals surface area contributed by atoms with Gasteiger partial charge >= 0.3 is 0 Å². The van der Waals surface area contributed by atoms with Crippen molar-refractivity contribution in [2.45, 2.75) is 13.0 Å². The van der Waals surface area contributed by atoms with Gasteiger partial charge in [-0.25, -0.2) is 4.98 Å². The SMILES string of the molecule is COc1cccc(C(NC(=O)c2occc2C)c2nccn2C)c1. The summed E-state index contributed by atoms with van der Waals surface area (Å²) >= 11 is 0. The van der Waals surface area contributed by atoms with Crippen LogP contribution < -0.4 is 10.1 Å². The Morgan fingerprint density at radius 1 is 1.38 bits per heavy atom. The summed E-state index contributed by atoms with van der Waals surface area (Å²) in [6.45, 7) is 1.83. The Morgan fingerprint density at radius 2 is 2.21 bits per heavy atom. The third-order valence-corrected chi connectivity index (χ3v) is 3.89. The number of methoxy groups -OCH3 is 1. The number of nitrogens with one attached hydrogen (secondary N) is 1. The van der Waals surface area contributed by atoms with Crippen molar-refractivity contribution in [1.82, 2.24) is 14.9 Å². The van der Waals surface area contributed by atoms with Crippen molar-refractivity contribution < 1.29 is 13.9 Å². The van der Waals surface area contributed by atoms with Crippen molar-refractivity contribution >= 4 is 5.91 Å². The molecule has 0 saturated carbocycles. The predicted molar refractivity (Wildman–Crippen MR) is 89.0 cm³/mol. The Labute approximate surface area is 140 Å². The van der Waals surface area contributed by atoms with Crippen LogP contribution >= 0.6 is 0 Å². The van der Waals surface area contributed by atoms with Crippen LogP contribution in [0.3, 0.4) is 0 Å². The van der Waals surface area contributed by atoms with Crippen molar-refractivity contribution in [2.75, 3.05) is 7.11 Å². The summed E-state index contributed by atoms with van der Waals surface area (Å²) in [5.41, 5.74) is 1.66. The van der Waals surface area contributed by atoms with Crippen LogP contribution in [-0.2, 0) is 7.05 Å². The number of carbonyl (C=O) groups is 1. The lowest BCUT2D eigenvalue weighted by Gasteiger charge is -2.19. The van der Waals surface area contributed by atoms with Crippen LogP contribution in [0.15, 0.2) is 53.4 Å². The molecule has 1 atom stereocenters. The molecule has 124 valence electrons. The summed E-state index contributed by atoms with van der Waals surface area (Å²) in [6.07, 6.45) is 5.05. The van der Waals surface area contributed by atoms with E-state index in [2.05, 4.69) is 10.3 Å². The lowest BCUT2D eigenvalue weighted by atomic mass is 10.1. The molecule has 3 rings (SSSR count). The van der Waals surface area contributed by atoms with Gasteiger partial charge in [-0.2, -0.15) is 0 Å². The highest BCUT2D eigenvalue weighted by Crippen LogP contribution is 2.25. The third-order valence-electron chi connectivity index (χ3n) is 3.89. The first-order valence-electron chi connectivity index (χ1n) is 7.56. The molecule has 6 heteroatoms. The summed E-state index contributed by atoms with van der Waals surface area (Å²) in [4.78, 5) is 17.0. The summed E-state index contributed by atoms with van der Waals surface area (Å²) in [5.74, 6) is 1.46. The van der Waals surface area contributed by atoms with Gasteiger partial charge in [0.15, 0.2) is 5.76 Å². The van der Waals surface area contributed by atoms with Gasteiger partial charge in [0, 0.05) is 25.0 Å². The molecule has 3 aromatic rings. The van der Waals surface area contributed by atoms with E-state index >= 15 is 0 Å². The van der Waals surface area contributed by atoms with Gasteiger partial charge < -0.3 is 19.0 Å². The Morgan fingerprint density at radius 3 is 2.83 bits per heavy atom. The molecule has 2 heterocycles. The fourth-order valence-corrected chi connectivity index (χ4v) is 2.58. The van der Waals surface area contributed by atoms with Crippen LogP contribution in [0.4, 0.5) is 0 Å². The van der Waals surface area contributed by atoms with Gasteiger partial charge in [0.1, 0.15) is 17.6 Å². The minimum Gasteiger partial charge on any atom is -0.497 e. The van der Waals surface area contributed by atoms with Crippen LogP contribution in [0.5, 0.6) is 5.75 Å². The number of benzene rings is 1. The monoisotopic (exact) mass is 325 g/mol. The third kappa shape index (κ3) is 3.03. The van der Waals surface area contributed by atoms with E-state index in [1.807, 2.05) is 49.0 Å². The minimum atomic E-state index is -0.419. The number of furan rings is 1. The fraction of sp³-hybridized carbons (Fsp3) is 0.222. The number of rotatable bonds is 5. The lowest BCUT2D eigenvalue weighted by Crippen LogP contribution is -2.31. The largest absolute Gasteiger partial charge is 0.497 e. The number of imidazole rings is 1. The van der Waals surface area contributed by atoms with Gasteiger partial charge in [0.25, 0.3) is 5.91 Å². The van der Waals surface area contributed by atoms with E-state index < -0.39 is 6.04 Å². The highest BCUT2D eigenvalue weighted by Gasteiger charge is 2.23. The summed E-state index contributed by atoms with van der Waals surface area (Å²) in [5, 5.41) is 3.00. The summed E-state index contributed by atoms with van der Waals surface area (Å²) < 4.78 is 12.5. The molecular weight excluding hydrogens is 306 g/mol. The molecule has 6 nitrogen and oxygen atoms in total. The molecule has 2 aromatic heterocycles. The number of hydrogen-bond donors (Lipinski definition) is 1. The molecule has 0 aliphatic carbocycles.